The molecule has 0 aliphatic carbocycles. The van der Waals surface area contributed by atoms with Gasteiger partial charge in [0.1, 0.15) is 5.82 Å². The number of hydrogen-bond acceptors (Lipinski definition) is 1. The number of nitrogens with zero attached hydrogens (tertiary/aromatic N) is 1. The van der Waals surface area contributed by atoms with Crippen molar-refractivity contribution >= 4 is 21.8 Å². The lowest BCUT2D eigenvalue weighted by atomic mass is 10.1. The van der Waals surface area contributed by atoms with Crippen molar-refractivity contribution in [3.63, 3.8) is 0 Å². The van der Waals surface area contributed by atoms with Crippen LogP contribution in [0.1, 0.15) is 25.3 Å². The van der Waals surface area contributed by atoms with Gasteiger partial charge in [-0.25, -0.2) is 4.39 Å². The van der Waals surface area contributed by atoms with Gasteiger partial charge in [-0.05, 0) is 29.7 Å². The van der Waals surface area contributed by atoms with E-state index in [2.05, 4.69) is 22.9 Å². The number of rotatable bonds is 3. The van der Waals surface area contributed by atoms with Crippen LogP contribution in [0, 0.1) is 11.7 Å². The van der Waals surface area contributed by atoms with E-state index in [1.54, 1.807) is 0 Å². The molecule has 1 saturated heterocycles. The topological polar surface area (TPSA) is 20.3 Å². The van der Waals surface area contributed by atoms with Gasteiger partial charge in [0.25, 0.3) is 0 Å². The van der Waals surface area contributed by atoms with E-state index in [1.165, 1.54) is 12.1 Å². The third-order valence-electron chi connectivity index (χ3n) is 3.17. The van der Waals surface area contributed by atoms with E-state index in [4.69, 9.17) is 0 Å². The minimum absolute atomic E-state index is 0.178. The van der Waals surface area contributed by atoms with Crippen LogP contribution in [0.15, 0.2) is 22.7 Å². The van der Waals surface area contributed by atoms with Crippen molar-refractivity contribution in [2.45, 2.75) is 26.3 Å². The smallest absolute Gasteiger partial charge is 0.223 e. The maximum atomic E-state index is 13.2. The fourth-order valence-corrected chi connectivity index (χ4v) is 2.72. The van der Waals surface area contributed by atoms with Gasteiger partial charge in [-0.1, -0.05) is 29.3 Å². The standard InChI is InChI=1S/C13H15BrFNO/c1-2-9-5-13(17)16(7-9)8-10-3-11(14)6-12(15)4-10/h3-4,6,9H,2,5,7-8H2,1H3. The highest BCUT2D eigenvalue weighted by Crippen LogP contribution is 2.23. The summed E-state index contributed by atoms with van der Waals surface area (Å²) in [6.45, 7) is 3.40. The van der Waals surface area contributed by atoms with Gasteiger partial charge < -0.3 is 4.90 Å². The van der Waals surface area contributed by atoms with Crippen molar-refractivity contribution in [3.05, 3.63) is 34.1 Å². The monoisotopic (exact) mass is 299 g/mol. The Morgan fingerprint density at radius 2 is 2.24 bits per heavy atom. The molecule has 1 heterocycles. The molecule has 4 heteroatoms. The fraction of sp³-hybridized carbons (Fsp3) is 0.462. The minimum atomic E-state index is -0.270. The van der Waals surface area contributed by atoms with Gasteiger partial charge in [0.05, 0.1) is 0 Å². The first-order valence-corrected chi connectivity index (χ1v) is 6.60. The molecule has 1 fully saturated rings. The van der Waals surface area contributed by atoms with Crippen LogP contribution in [-0.4, -0.2) is 17.4 Å². The van der Waals surface area contributed by atoms with Crippen LogP contribution in [0.3, 0.4) is 0 Å². The summed E-state index contributed by atoms with van der Waals surface area (Å²) in [7, 11) is 0. The van der Waals surface area contributed by atoms with Gasteiger partial charge in [-0.3, -0.25) is 4.79 Å². The number of carbonyl (C=O) groups excluding carboxylic acids is 1. The van der Waals surface area contributed by atoms with E-state index in [-0.39, 0.29) is 11.7 Å². The Labute approximate surface area is 109 Å². The zero-order chi connectivity index (χ0) is 12.4. The highest BCUT2D eigenvalue weighted by atomic mass is 79.9. The van der Waals surface area contributed by atoms with Crippen molar-refractivity contribution in [1.82, 2.24) is 4.90 Å². The van der Waals surface area contributed by atoms with Gasteiger partial charge in [0, 0.05) is 24.0 Å². The van der Waals surface area contributed by atoms with Gasteiger partial charge in [0.15, 0.2) is 0 Å². The van der Waals surface area contributed by atoms with Gasteiger partial charge >= 0.3 is 0 Å². The fourth-order valence-electron chi connectivity index (χ4n) is 2.20. The average Bonchev–Trinajstić information content (AvgIpc) is 2.58. The van der Waals surface area contributed by atoms with E-state index in [0.29, 0.717) is 23.4 Å². The second kappa shape index (κ2) is 5.17. The Balaban J connectivity index is 2.08. The normalized spacial score (nSPS) is 20.1. The highest BCUT2D eigenvalue weighted by Gasteiger charge is 2.28. The number of amides is 1. The van der Waals surface area contributed by atoms with E-state index in [1.807, 2.05) is 11.0 Å². The summed E-state index contributed by atoms with van der Waals surface area (Å²) in [5.41, 5.74) is 0.835. The van der Waals surface area contributed by atoms with Crippen LogP contribution < -0.4 is 0 Å². The molecule has 0 spiro atoms. The highest BCUT2D eigenvalue weighted by molar-refractivity contribution is 9.10. The molecule has 2 nitrogen and oxygen atoms in total. The van der Waals surface area contributed by atoms with Crippen molar-refractivity contribution < 1.29 is 9.18 Å². The molecule has 17 heavy (non-hydrogen) atoms. The summed E-state index contributed by atoms with van der Waals surface area (Å²) in [5.74, 6) is 0.366. The summed E-state index contributed by atoms with van der Waals surface area (Å²) in [4.78, 5) is 13.6. The van der Waals surface area contributed by atoms with E-state index in [0.717, 1.165) is 18.5 Å². The molecule has 1 amide bonds. The third kappa shape index (κ3) is 3.06. The molecule has 1 aromatic rings. The lowest BCUT2D eigenvalue weighted by Crippen LogP contribution is -2.24. The zero-order valence-electron chi connectivity index (χ0n) is 9.75. The predicted molar refractivity (Wildman–Crippen MR) is 67.9 cm³/mol. The first-order chi connectivity index (χ1) is 8.08. The molecule has 92 valence electrons. The molecule has 0 saturated carbocycles. The molecule has 0 bridgehead atoms. The largest absolute Gasteiger partial charge is 0.338 e. The van der Waals surface area contributed by atoms with Gasteiger partial charge in [-0.15, -0.1) is 0 Å². The molecular weight excluding hydrogens is 285 g/mol. The Morgan fingerprint density at radius 3 is 2.82 bits per heavy atom. The van der Waals surface area contributed by atoms with Crippen molar-refractivity contribution in [1.29, 1.82) is 0 Å². The molecule has 1 atom stereocenters. The number of hydrogen-bond donors (Lipinski definition) is 0. The Bertz CT molecular complexity index is 415. The molecule has 1 unspecified atom stereocenters. The lowest BCUT2D eigenvalue weighted by molar-refractivity contribution is -0.128. The van der Waals surface area contributed by atoms with Gasteiger partial charge in [0.2, 0.25) is 5.91 Å². The summed E-state index contributed by atoms with van der Waals surface area (Å²) in [5, 5.41) is 0. The van der Waals surface area contributed by atoms with Crippen LogP contribution >= 0.6 is 15.9 Å². The Kier molecular flexibility index (Phi) is 3.82. The molecule has 2 rings (SSSR count). The second-order valence-electron chi connectivity index (χ2n) is 4.53. The van der Waals surface area contributed by atoms with Gasteiger partial charge in [-0.2, -0.15) is 0 Å². The Hall–Kier alpha value is -0.900. The maximum absolute atomic E-state index is 13.2. The molecule has 0 aromatic heterocycles. The molecule has 1 aromatic carbocycles. The van der Waals surface area contributed by atoms with Crippen LogP contribution in [0.25, 0.3) is 0 Å². The van der Waals surface area contributed by atoms with Crippen molar-refractivity contribution in [3.8, 4) is 0 Å². The van der Waals surface area contributed by atoms with Crippen molar-refractivity contribution in [2.75, 3.05) is 6.54 Å². The third-order valence-corrected chi connectivity index (χ3v) is 3.63. The number of likely N-dealkylation sites (tertiary alicyclic amines) is 1. The number of halogens is 2. The first-order valence-electron chi connectivity index (χ1n) is 5.81. The average molecular weight is 300 g/mol. The second-order valence-corrected chi connectivity index (χ2v) is 5.45. The molecule has 1 aliphatic rings. The molecule has 0 radical (unpaired) electrons. The number of carbonyl (C=O) groups is 1. The maximum Gasteiger partial charge on any atom is 0.223 e. The molecule has 1 aliphatic heterocycles. The molecular formula is C13H15BrFNO. The first kappa shape index (κ1) is 12.6. The summed E-state index contributed by atoms with van der Waals surface area (Å²) < 4.78 is 13.9. The van der Waals surface area contributed by atoms with Crippen LogP contribution in [0.4, 0.5) is 4.39 Å². The van der Waals surface area contributed by atoms with Crippen molar-refractivity contribution in [2.24, 2.45) is 5.92 Å². The summed E-state index contributed by atoms with van der Waals surface area (Å²) in [6.07, 6.45) is 1.65. The predicted octanol–water partition coefficient (Wildman–Crippen LogP) is 3.35. The SMILES string of the molecule is CCC1CC(=O)N(Cc2cc(F)cc(Br)c2)C1. The van der Waals surface area contributed by atoms with Crippen LogP contribution in [0.5, 0.6) is 0 Å². The lowest BCUT2D eigenvalue weighted by Gasteiger charge is -2.16. The molecule has 0 N–H and O–H groups in total. The zero-order valence-corrected chi connectivity index (χ0v) is 11.3. The van der Waals surface area contributed by atoms with E-state index in [9.17, 15) is 9.18 Å². The minimum Gasteiger partial charge on any atom is -0.338 e. The summed E-state index contributed by atoms with van der Waals surface area (Å²) >= 11 is 3.26. The van der Waals surface area contributed by atoms with E-state index >= 15 is 0 Å². The quantitative estimate of drug-likeness (QED) is 0.838. The Morgan fingerprint density at radius 1 is 1.47 bits per heavy atom. The number of benzene rings is 1. The van der Waals surface area contributed by atoms with E-state index < -0.39 is 0 Å². The van der Waals surface area contributed by atoms with Crippen LogP contribution in [-0.2, 0) is 11.3 Å². The van der Waals surface area contributed by atoms with Crippen LogP contribution in [0.2, 0.25) is 0 Å². The summed E-state index contributed by atoms with van der Waals surface area (Å²) in [6, 6.07) is 4.76.